The van der Waals surface area contributed by atoms with Crippen molar-refractivity contribution in [2.24, 2.45) is 0 Å². The predicted octanol–water partition coefficient (Wildman–Crippen LogP) is 7.05. The normalized spacial score (nSPS) is 20.7. The smallest absolute Gasteiger partial charge is 0.343 e. The van der Waals surface area contributed by atoms with Gasteiger partial charge in [-0.25, -0.2) is 0 Å². The topological polar surface area (TPSA) is 43.9 Å². The Morgan fingerprint density at radius 1 is 0.905 bits per heavy atom. The maximum Gasteiger partial charge on any atom is 0.416 e. The fourth-order valence-corrected chi connectivity index (χ4v) is 6.09. The minimum Gasteiger partial charge on any atom is -0.343 e. The largest absolute Gasteiger partial charge is 0.416 e. The summed E-state index contributed by atoms with van der Waals surface area (Å²) in [6.07, 6.45) is -8.09. The molecule has 2 aliphatic heterocycles. The van der Waals surface area contributed by atoms with Crippen molar-refractivity contribution >= 4 is 35.8 Å². The number of alkyl halides is 6. The van der Waals surface area contributed by atoms with Gasteiger partial charge in [0, 0.05) is 68.7 Å². The molecule has 2 saturated heterocycles. The zero-order valence-corrected chi connectivity index (χ0v) is 24.9. The summed E-state index contributed by atoms with van der Waals surface area (Å²) in [5, 5.41) is 0.523. The number of hydrogen-bond donors (Lipinski definition) is 0. The third-order valence-electron chi connectivity index (χ3n) is 8.31. The second-order valence-electron chi connectivity index (χ2n) is 10.9. The number of nitrogens with zero attached hydrogens (tertiary/aromatic N) is 3. The van der Waals surface area contributed by atoms with Gasteiger partial charge >= 0.3 is 12.4 Å². The molecule has 0 saturated carbocycles. The van der Waals surface area contributed by atoms with Crippen LogP contribution in [0.25, 0.3) is 0 Å². The highest BCUT2D eigenvalue weighted by Gasteiger charge is 2.41. The van der Waals surface area contributed by atoms with E-state index >= 15 is 0 Å². The lowest BCUT2D eigenvalue weighted by Crippen LogP contribution is -2.55. The van der Waals surface area contributed by atoms with Crippen molar-refractivity contribution in [1.29, 1.82) is 0 Å². The number of piperidine rings is 2. The Kier molecular flexibility index (Phi) is 10.5. The molecule has 0 radical (unpaired) electrons. The summed E-state index contributed by atoms with van der Waals surface area (Å²) in [6.45, 7) is 5.76. The van der Waals surface area contributed by atoms with E-state index in [2.05, 4.69) is 4.90 Å². The quantitative estimate of drug-likeness (QED) is 0.337. The van der Waals surface area contributed by atoms with E-state index in [1.165, 1.54) is 18.9 Å². The van der Waals surface area contributed by atoms with Crippen LogP contribution in [0.3, 0.4) is 0 Å². The van der Waals surface area contributed by atoms with Gasteiger partial charge in [-0.3, -0.25) is 14.5 Å². The number of hydrogen-bond acceptors (Lipinski definition) is 3. The molecule has 2 aromatic carbocycles. The number of rotatable bonds is 4. The summed E-state index contributed by atoms with van der Waals surface area (Å²) in [4.78, 5) is 30.6. The Morgan fingerprint density at radius 3 is 1.98 bits per heavy atom. The highest BCUT2D eigenvalue weighted by molar-refractivity contribution is 6.31. The van der Waals surface area contributed by atoms with Gasteiger partial charge in [0.05, 0.1) is 11.1 Å². The lowest BCUT2D eigenvalue weighted by atomic mass is 9.83. The van der Waals surface area contributed by atoms with Gasteiger partial charge in [-0.2, -0.15) is 26.3 Å². The number of likely N-dealkylation sites (tertiary alicyclic amines) is 2. The van der Waals surface area contributed by atoms with Crippen LogP contribution in [0.1, 0.15) is 64.7 Å². The molecule has 2 heterocycles. The second kappa shape index (κ2) is 13.0. The minimum absolute atomic E-state index is 0. The van der Waals surface area contributed by atoms with Gasteiger partial charge in [-0.15, -0.1) is 12.4 Å². The van der Waals surface area contributed by atoms with Gasteiger partial charge in [-0.1, -0.05) is 23.7 Å². The number of amides is 2. The van der Waals surface area contributed by atoms with Crippen LogP contribution < -0.4 is 0 Å². The number of aryl methyl sites for hydroxylation is 1. The molecule has 13 heteroatoms. The summed E-state index contributed by atoms with van der Waals surface area (Å²) in [7, 11) is 1.42. The Bertz CT molecular complexity index is 1260. The van der Waals surface area contributed by atoms with E-state index in [9.17, 15) is 35.9 Å². The van der Waals surface area contributed by atoms with Crippen molar-refractivity contribution in [2.45, 2.75) is 63.5 Å². The van der Waals surface area contributed by atoms with Gasteiger partial charge in [0.2, 0.25) is 5.91 Å². The van der Waals surface area contributed by atoms with Crippen molar-refractivity contribution in [3.8, 4) is 0 Å². The van der Waals surface area contributed by atoms with Crippen molar-refractivity contribution in [2.75, 3.05) is 33.2 Å². The number of halogens is 8. The summed E-state index contributed by atoms with van der Waals surface area (Å²) in [5.41, 5.74) is -2.05. The zero-order valence-electron chi connectivity index (χ0n) is 23.4. The lowest BCUT2D eigenvalue weighted by molar-refractivity contribution is -0.143. The summed E-state index contributed by atoms with van der Waals surface area (Å²) in [5.74, 6) is -1.19. The van der Waals surface area contributed by atoms with E-state index in [0.29, 0.717) is 49.8 Å². The SMILES string of the molecule is CC(=O)N1CCC(N2CC[C@@H](N(C)C(=O)c3cc(C(F)(F)F)cc(C(F)(F)F)c3)[C@H](c3ccc(C)c(Cl)c3)C2)CC1.Cl. The molecule has 0 spiro atoms. The zero-order chi connectivity index (χ0) is 30.3. The molecular formula is C29H33Cl2F6N3O2. The molecule has 42 heavy (non-hydrogen) atoms. The first kappa shape index (κ1) is 34.0. The van der Waals surface area contributed by atoms with Gasteiger partial charge in [0.1, 0.15) is 0 Å². The van der Waals surface area contributed by atoms with Gasteiger partial charge in [0.15, 0.2) is 0 Å². The molecule has 0 aliphatic carbocycles. The average molecular weight is 640 g/mol. The molecule has 4 rings (SSSR count). The van der Waals surface area contributed by atoms with Crippen molar-refractivity contribution in [3.05, 3.63) is 69.2 Å². The summed E-state index contributed by atoms with van der Waals surface area (Å²) in [6, 6.07) is 6.22. The van der Waals surface area contributed by atoms with E-state index < -0.39 is 41.0 Å². The van der Waals surface area contributed by atoms with Crippen LogP contribution in [0.4, 0.5) is 26.3 Å². The minimum atomic E-state index is -5.06. The molecule has 2 aliphatic rings. The monoisotopic (exact) mass is 639 g/mol. The first-order valence-corrected chi connectivity index (χ1v) is 13.8. The van der Waals surface area contributed by atoms with Crippen LogP contribution in [0.5, 0.6) is 0 Å². The van der Waals surface area contributed by atoms with E-state index in [1.807, 2.05) is 19.1 Å². The number of benzene rings is 2. The Morgan fingerprint density at radius 2 is 1.48 bits per heavy atom. The Hall–Kier alpha value is -2.50. The molecular weight excluding hydrogens is 607 g/mol. The predicted molar refractivity (Wildman–Crippen MR) is 150 cm³/mol. The van der Waals surface area contributed by atoms with Gasteiger partial charge < -0.3 is 9.80 Å². The maximum atomic E-state index is 13.5. The number of likely N-dealkylation sites (N-methyl/N-ethyl adjacent to an activating group) is 1. The first-order chi connectivity index (χ1) is 19.1. The standard InChI is InChI=1S/C29H32ClF6N3O2.ClH/c1-17-4-5-19(14-25(17)30)24-16-39(23-6-9-38(10-7-23)18(2)40)11-8-26(24)37(3)27(41)20-12-21(28(31,32)33)15-22(13-20)29(34,35)36;/h4-5,12-15,23-24,26H,6-11,16H2,1-3H3;1H/t24-,26+;/m0./s1. The Labute approximate surface area is 252 Å². The molecule has 0 unspecified atom stereocenters. The molecule has 2 atom stereocenters. The molecule has 2 amide bonds. The first-order valence-electron chi connectivity index (χ1n) is 13.4. The molecule has 2 fully saturated rings. The highest BCUT2D eigenvalue weighted by atomic mass is 35.5. The van der Waals surface area contributed by atoms with Gasteiger partial charge in [0.25, 0.3) is 5.91 Å². The van der Waals surface area contributed by atoms with Crippen LogP contribution in [0.15, 0.2) is 36.4 Å². The van der Waals surface area contributed by atoms with Crippen LogP contribution in [0, 0.1) is 6.92 Å². The van der Waals surface area contributed by atoms with Crippen molar-refractivity contribution < 1.29 is 35.9 Å². The van der Waals surface area contributed by atoms with E-state index in [4.69, 9.17) is 11.6 Å². The number of carbonyl (C=O) groups excluding carboxylic acids is 2. The molecule has 2 aromatic rings. The van der Waals surface area contributed by atoms with E-state index in [-0.39, 0.29) is 36.3 Å². The Balaban J connectivity index is 0.00000484. The van der Waals surface area contributed by atoms with E-state index in [0.717, 1.165) is 24.0 Å². The highest BCUT2D eigenvalue weighted by Crippen LogP contribution is 2.38. The summed E-state index contributed by atoms with van der Waals surface area (Å²) < 4.78 is 80.8. The van der Waals surface area contributed by atoms with Crippen LogP contribution >= 0.6 is 24.0 Å². The van der Waals surface area contributed by atoms with E-state index in [1.54, 1.807) is 11.0 Å². The molecule has 232 valence electrons. The molecule has 0 aromatic heterocycles. The molecule has 5 nitrogen and oxygen atoms in total. The molecule has 0 N–H and O–H groups in total. The second-order valence-corrected chi connectivity index (χ2v) is 11.3. The van der Waals surface area contributed by atoms with Crippen LogP contribution in [-0.2, 0) is 17.1 Å². The maximum absolute atomic E-state index is 13.5. The summed E-state index contributed by atoms with van der Waals surface area (Å²) >= 11 is 6.43. The molecule has 0 bridgehead atoms. The van der Waals surface area contributed by atoms with Crippen LogP contribution in [0.2, 0.25) is 5.02 Å². The third-order valence-corrected chi connectivity index (χ3v) is 8.72. The lowest BCUT2D eigenvalue weighted by Gasteiger charge is -2.47. The van der Waals surface area contributed by atoms with Crippen molar-refractivity contribution in [3.63, 3.8) is 0 Å². The fraction of sp³-hybridized carbons (Fsp3) is 0.517. The van der Waals surface area contributed by atoms with Crippen LogP contribution in [-0.4, -0.2) is 71.8 Å². The fourth-order valence-electron chi connectivity index (χ4n) is 5.91. The van der Waals surface area contributed by atoms with Crippen molar-refractivity contribution in [1.82, 2.24) is 14.7 Å². The number of carbonyl (C=O) groups is 2. The third kappa shape index (κ3) is 7.52. The average Bonchev–Trinajstić information content (AvgIpc) is 2.92. The van der Waals surface area contributed by atoms with Gasteiger partial charge in [-0.05, 0) is 61.6 Å².